The third-order valence-corrected chi connectivity index (χ3v) is 3.91. The van der Waals surface area contributed by atoms with Crippen molar-refractivity contribution < 1.29 is 0 Å². The second-order valence-electron chi connectivity index (χ2n) is 4.74. The molecule has 0 N–H and O–H groups in total. The molecule has 0 amide bonds. The van der Waals surface area contributed by atoms with Crippen molar-refractivity contribution in [1.82, 2.24) is 15.0 Å². The van der Waals surface area contributed by atoms with Gasteiger partial charge in [0.05, 0.1) is 5.52 Å². The SMILES string of the molecule is CCCc1c(Cl)nc(-c2cccc3cccnc23)nc1Cl. The number of para-hydroxylation sites is 1. The first kappa shape index (κ1) is 14.2. The lowest BCUT2D eigenvalue weighted by atomic mass is 10.1. The monoisotopic (exact) mass is 317 g/mol. The fraction of sp³-hybridized carbons (Fsp3) is 0.188. The van der Waals surface area contributed by atoms with E-state index in [9.17, 15) is 0 Å². The van der Waals surface area contributed by atoms with E-state index < -0.39 is 0 Å². The van der Waals surface area contributed by atoms with Gasteiger partial charge < -0.3 is 0 Å². The summed E-state index contributed by atoms with van der Waals surface area (Å²) in [5.41, 5.74) is 2.48. The maximum Gasteiger partial charge on any atom is 0.164 e. The fourth-order valence-corrected chi connectivity index (χ4v) is 2.87. The maximum absolute atomic E-state index is 6.26. The summed E-state index contributed by atoms with van der Waals surface area (Å²) in [7, 11) is 0. The summed E-state index contributed by atoms with van der Waals surface area (Å²) in [6, 6.07) is 9.78. The molecule has 5 heteroatoms. The van der Waals surface area contributed by atoms with Crippen LogP contribution in [0.3, 0.4) is 0 Å². The second-order valence-corrected chi connectivity index (χ2v) is 5.45. The first-order valence-corrected chi connectivity index (χ1v) is 7.52. The maximum atomic E-state index is 6.26. The van der Waals surface area contributed by atoms with Crippen molar-refractivity contribution in [2.45, 2.75) is 19.8 Å². The molecule has 3 nitrogen and oxygen atoms in total. The Morgan fingerprint density at radius 3 is 2.43 bits per heavy atom. The molecule has 0 bridgehead atoms. The van der Waals surface area contributed by atoms with Crippen molar-refractivity contribution in [3.05, 3.63) is 52.4 Å². The summed E-state index contributed by atoms with van der Waals surface area (Å²) in [4.78, 5) is 13.2. The minimum absolute atomic E-state index is 0.416. The Kier molecular flexibility index (Phi) is 4.04. The summed E-state index contributed by atoms with van der Waals surface area (Å²) in [5.74, 6) is 0.508. The molecule has 0 spiro atoms. The average Bonchev–Trinajstić information content (AvgIpc) is 2.50. The largest absolute Gasteiger partial charge is 0.255 e. The molecule has 3 aromatic rings. The van der Waals surface area contributed by atoms with Gasteiger partial charge in [-0.1, -0.05) is 54.7 Å². The van der Waals surface area contributed by atoms with Crippen LogP contribution in [0.25, 0.3) is 22.3 Å². The van der Waals surface area contributed by atoms with E-state index in [2.05, 4.69) is 21.9 Å². The van der Waals surface area contributed by atoms with Gasteiger partial charge in [-0.15, -0.1) is 0 Å². The third kappa shape index (κ3) is 2.71. The van der Waals surface area contributed by atoms with Gasteiger partial charge >= 0.3 is 0 Å². The Hall–Kier alpha value is -1.71. The van der Waals surface area contributed by atoms with Crippen LogP contribution >= 0.6 is 23.2 Å². The summed E-state index contributed by atoms with van der Waals surface area (Å²) < 4.78 is 0. The van der Waals surface area contributed by atoms with Gasteiger partial charge in [-0.25, -0.2) is 9.97 Å². The highest BCUT2D eigenvalue weighted by atomic mass is 35.5. The van der Waals surface area contributed by atoms with E-state index in [4.69, 9.17) is 23.2 Å². The van der Waals surface area contributed by atoms with Crippen LogP contribution in [0, 0.1) is 0 Å². The number of halogens is 2. The molecule has 0 atom stereocenters. The van der Waals surface area contributed by atoms with Crippen LogP contribution in [-0.2, 0) is 6.42 Å². The Balaban J connectivity index is 2.20. The Bertz CT molecular complexity index is 774. The van der Waals surface area contributed by atoms with Crippen molar-refractivity contribution in [2.75, 3.05) is 0 Å². The first-order valence-electron chi connectivity index (χ1n) is 6.76. The highest BCUT2D eigenvalue weighted by molar-refractivity contribution is 6.34. The predicted molar refractivity (Wildman–Crippen MR) is 86.8 cm³/mol. The Morgan fingerprint density at radius 2 is 1.71 bits per heavy atom. The van der Waals surface area contributed by atoms with E-state index >= 15 is 0 Å². The molecule has 21 heavy (non-hydrogen) atoms. The molecule has 2 aromatic heterocycles. The van der Waals surface area contributed by atoms with Gasteiger partial charge in [0.15, 0.2) is 5.82 Å². The molecule has 106 valence electrons. The number of hydrogen-bond donors (Lipinski definition) is 0. The molecule has 1 aromatic carbocycles. The molecule has 0 aliphatic carbocycles. The lowest BCUT2D eigenvalue weighted by molar-refractivity contribution is 0.903. The highest BCUT2D eigenvalue weighted by Crippen LogP contribution is 2.29. The van der Waals surface area contributed by atoms with E-state index in [1.54, 1.807) is 6.20 Å². The molecule has 2 heterocycles. The van der Waals surface area contributed by atoms with Gasteiger partial charge in [-0.2, -0.15) is 0 Å². The first-order chi connectivity index (χ1) is 10.2. The molecule has 3 rings (SSSR count). The lowest BCUT2D eigenvalue weighted by Crippen LogP contribution is -1.98. The van der Waals surface area contributed by atoms with Crippen LogP contribution < -0.4 is 0 Å². The second kappa shape index (κ2) is 5.96. The zero-order valence-electron chi connectivity index (χ0n) is 11.5. The van der Waals surface area contributed by atoms with Crippen molar-refractivity contribution in [2.24, 2.45) is 0 Å². The van der Waals surface area contributed by atoms with Crippen LogP contribution in [0.5, 0.6) is 0 Å². The molecule has 0 fully saturated rings. The lowest BCUT2D eigenvalue weighted by Gasteiger charge is -2.09. The van der Waals surface area contributed by atoms with Gasteiger partial charge in [-0.05, 0) is 18.6 Å². The zero-order valence-corrected chi connectivity index (χ0v) is 13.0. The smallest absolute Gasteiger partial charge is 0.164 e. The highest BCUT2D eigenvalue weighted by Gasteiger charge is 2.14. The summed E-state index contributed by atoms with van der Waals surface area (Å²) >= 11 is 12.5. The number of nitrogens with zero attached hydrogens (tertiary/aromatic N) is 3. The Labute approximate surface area is 133 Å². The number of benzene rings is 1. The van der Waals surface area contributed by atoms with Crippen LogP contribution in [-0.4, -0.2) is 15.0 Å². The van der Waals surface area contributed by atoms with Crippen LogP contribution in [0.15, 0.2) is 36.5 Å². The molecule has 0 radical (unpaired) electrons. The van der Waals surface area contributed by atoms with Crippen LogP contribution in [0.4, 0.5) is 0 Å². The normalized spacial score (nSPS) is 11.0. The quantitative estimate of drug-likeness (QED) is 0.641. The number of hydrogen-bond acceptors (Lipinski definition) is 3. The molecule has 0 aliphatic rings. The van der Waals surface area contributed by atoms with Crippen molar-refractivity contribution in [3.63, 3.8) is 0 Å². The summed E-state index contributed by atoms with van der Waals surface area (Å²) in [5, 5.41) is 1.86. The van der Waals surface area contributed by atoms with Crippen LogP contribution in [0.1, 0.15) is 18.9 Å². The van der Waals surface area contributed by atoms with Crippen LogP contribution in [0.2, 0.25) is 10.3 Å². The number of pyridine rings is 1. The number of rotatable bonds is 3. The summed E-state index contributed by atoms with van der Waals surface area (Å²) in [6.45, 7) is 2.06. The third-order valence-electron chi connectivity index (χ3n) is 3.28. The topological polar surface area (TPSA) is 38.7 Å². The standard InChI is InChI=1S/C16H13Cl2N3/c1-2-5-12-14(17)20-16(21-15(12)18)11-8-3-6-10-7-4-9-19-13(10)11/h3-4,6-9H,2,5H2,1H3. The minimum atomic E-state index is 0.416. The number of fused-ring (bicyclic) bond motifs is 1. The van der Waals surface area contributed by atoms with E-state index in [1.165, 1.54) is 0 Å². The fourth-order valence-electron chi connectivity index (χ4n) is 2.29. The molecule has 0 aliphatic heterocycles. The molecule has 0 unspecified atom stereocenters. The molecular weight excluding hydrogens is 305 g/mol. The van der Waals surface area contributed by atoms with Gasteiger partial charge in [0.25, 0.3) is 0 Å². The predicted octanol–water partition coefficient (Wildman–Crippen LogP) is 4.95. The van der Waals surface area contributed by atoms with Gasteiger partial charge in [-0.3, -0.25) is 4.98 Å². The zero-order chi connectivity index (χ0) is 14.8. The van der Waals surface area contributed by atoms with E-state index in [0.29, 0.717) is 16.1 Å². The van der Waals surface area contributed by atoms with E-state index in [0.717, 1.165) is 34.9 Å². The van der Waals surface area contributed by atoms with Gasteiger partial charge in [0, 0.05) is 22.7 Å². The molecule has 0 saturated heterocycles. The van der Waals surface area contributed by atoms with Gasteiger partial charge in [0.1, 0.15) is 10.3 Å². The van der Waals surface area contributed by atoms with Gasteiger partial charge in [0.2, 0.25) is 0 Å². The molecular formula is C16H13Cl2N3. The van der Waals surface area contributed by atoms with E-state index in [1.807, 2.05) is 30.3 Å². The Morgan fingerprint density at radius 1 is 1.00 bits per heavy atom. The average molecular weight is 318 g/mol. The minimum Gasteiger partial charge on any atom is -0.255 e. The van der Waals surface area contributed by atoms with Crippen molar-refractivity contribution in [1.29, 1.82) is 0 Å². The van der Waals surface area contributed by atoms with E-state index in [-0.39, 0.29) is 0 Å². The summed E-state index contributed by atoms with van der Waals surface area (Å²) in [6.07, 6.45) is 3.46. The molecule has 0 saturated carbocycles. The number of aromatic nitrogens is 3. The van der Waals surface area contributed by atoms with Crippen molar-refractivity contribution >= 4 is 34.1 Å². The van der Waals surface area contributed by atoms with Crippen molar-refractivity contribution in [3.8, 4) is 11.4 Å².